The van der Waals surface area contributed by atoms with Gasteiger partial charge in [-0.2, -0.15) is 0 Å². The molecule has 0 bridgehead atoms. The largest absolute Gasteiger partial charge is 0.497 e. The minimum atomic E-state index is -0.769. The first kappa shape index (κ1) is 17.1. The number of carbonyl (C=O) groups excluding carboxylic acids is 1. The van der Waals surface area contributed by atoms with Gasteiger partial charge in [-0.3, -0.25) is 9.79 Å². The molecule has 2 aliphatic rings. The van der Waals surface area contributed by atoms with Gasteiger partial charge in [0.25, 0.3) is 5.91 Å². The number of piperidine rings is 1. The fraction of sp³-hybridized carbons (Fsp3) is 0.300. The molecule has 0 radical (unpaired) electrons. The van der Waals surface area contributed by atoms with Gasteiger partial charge in [0.1, 0.15) is 11.3 Å². The highest BCUT2D eigenvalue weighted by atomic mass is 35.5. The summed E-state index contributed by atoms with van der Waals surface area (Å²) in [5, 5.41) is 6.98. The molecule has 0 atom stereocenters. The lowest BCUT2D eigenvalue weighted by Crippen LogP contribution is -2.49. The van der Waals surface area contributed by atoms with Crippen LogP contribution >= 0.6 is 11.6 Å². The van der Waals surface area contributed by atoms with Gasteiger partial charge in [-0.1, -0.05) is 23.7 Å². The van der Waals surface area contributed by atoms with E-state index in [2.05, 4.69) is 10.6 Å². The standard InChI is InChI=1S/C20H20ClN3O2/c1-26-15-4-2-3-13(11-15)18-16-12-14(21)5-6-17(16)23-19(25)20(24-18)7-9-22-10-8-20/h2-6,11-12,22H,7-10H2,1H3,(H,23,25). The van der Waals surface area contributed by atoms with E-state index in [1.54, 1.807) is 13.2 Å². The smallest absolute Gasteiger partial charge is 0.252 e. The Bertz CT molecular complexity index is 888. The predicted octanol–water partition coefficient (Wildman–Crippen LogP) is 3.26. The Balaban J connectivity index is 1.94. The summed E-state index contributed by atoms with van der Waals surface area (Å²) in [6.07, 6.45) is 1.32. The van der Waals surface area contributed by atoms with Gasteiger partial charge in [-0.25, -0.2) is 0 Å². The number of benzene rings is 2. The number of hydrogen-bond acceptors (Lipinski definition) is 4. The van der Waals surface area contributed by atoms with Crippen molar-refractivity contribution in [3.05, 3.63) is 58.6 Å². The molecule has 2 aliphatic heterocycles. The second-order valence-electron chi connectivity index (χ2n) is 6.62. The number of hydrogen-bond donors (Lipinski definition) is 2. The molecule has 4 rings (SSSR count). The Morgan fingerprint density at radius 2 is 1.96 bits per heavy atom. The number of carbonyl (C=O) groups is 1. The molecule has 0 saturated carbocycles. The highest BCUT2D eigenvalue weighted by Crippen LogP contribution is 2.34. The van der Waals surface area contributed by atoms with E-state index >= 15 is 0 Å². The maximum absolute atomic E-state index is 13.0. The zero-order valence-corrected chi connectivity index (χ0v) is 15.3. The maximum Gasteiger partial charge on any atom is 0.252 e. The number of methoxy groups -OCH3 is 1. The molecule has 6 heteroatoms. The van der Waals surface area contributed by atoms with Crippen LogP contribution in [0.3, 0.4) is 0 Å². The molecular weight excluding hydrogens is 350 g/mol. The molecule has 2 aromatic carbocycles. The van der Waals surface area contributed by atoms with Crippen molar-refractivity contribution >= 4 is 28.9 Å². The highest BCUT2D eigenvalue weighted by molar-refractivity contribution is 6.32. The van der Waals surface area contributed by atoms with Crippen molar-refractivity contribution in [3.63, 3.8) is 0 Å². The minimum Gasteiger partial charge on any atom is -0.497 e. The lowest BCUT2D eigenvalue weighted by Gasteiger charge is -2.32. The van der Waals surface area contributed by atoms with E-state index in [0.29, 0.717) is 17.9 Å². The van der Waals surface area contributed by atoms with Crippen molar-refractivity contribution < 1.29 is 9.53 Å². The second kappa shape index (κ2) is 6.74. The molecule has 2 heterocycles. The first-order valence-corrected chi connectivity index (χ1v) is 9.05. The summed E-state index contributed by atoms with van der Waals surface area (Å²) in [6, 6.07) is 13.2. The van der Waals surface area contributed by atoms with E-state index in [-0.39, 0.29) is 5.91 Å². The molecule has 2 aromatic rings. The topological polar surface area (TPSA) is 62.7 Å². The van der Waals surface area contributed by atoms with Crippen LogP contribution < -0.4 is 15.4 Å². The van der Waals surface area contributed by atoms with Crippen molar-refractivity contribution in [2.24, 2.45) is 4.99 Å². The molecule has 134 valence electrons. The molecule has 0 unspecified atom stereocenters. The Morgan fingerprint density at radius 1 is 1.15 bits per heavy atom. The molecule has 1 amide bonds. The van der Waals surface area contributed by atoms with Crippen molar-refractivity contribution in [3.8, 4) is 5.75 Å². The van der Waals surface area contributed by atoms with E-state index < -0.39 is 5.54 Å². The molecule has 1 fully saturated rings. The van der Waals surface area contributed by atoms with Gasteiger partial charge in [0.15, 0.2) is 0 Å². The fourth-order valence-electron chi connectivity index (χ4n) is 3.55. The fourth-order valence-corrected chi connectivity index (χ4v) is 3.73. The summed E-state index contributed by atoms with van der Waals surface area (Å²) >= 11 is 6.25. The van der Waals surface area contributed by atoms with E-state index in [1.165, 1.54) is 0 Å². The van der Waals surface area contributed by atoms with Crippen molar-refractivity contribution in [1.82, 2.24) is 5.32 Å². The van der Waals surface area contributed by atoms with Crippen molar-refractivity contribution in [1.29, 1.82) is 0 Å². The van der Waals surface area contributed by atoms with Gasteiger partial charge < -0.3 is 15.4 Å². The summed E-state index contributed by atoms with van der Waals surface area (Å²) < 4.78 is 5.37. The molecule has 1 saturated heterocycles. The number of aliphatic imine (C=N–C) groups is 1. The van der Waals surface area contributed by atoms with Crippen LogP contribution in [-0.2, 0) is 4.79 Å². The number of rotatable bonds is 2. The minimum absolute atomic E-state index is 0.0551. The Hall–Kier alpha value is -2.37. The van der Waals surface area contributed by atoms with Gasteiger partial charge in [0.05, 0.1) is 18.5 Å². The van der Waals surface area contributed by atoms with E-state index in [1.807, 2.05) is 36.4 Å². The number of nitrogens with one attached hydrogen (secondary N) is 2. The van der Waals surface area contributed by atoms with Gasteiger partial charge in [0.2, 0.25) is 0 Å². The van der Waals surface area contributed by atoms with Crippen LogP contribution in [-0.4, -0.2) is 37.4 Å². The lowest BCUT2D eigenvalue weighted by molar-refractivity contribution is -0.121. The second-order valence-corrected chi connectivity index (χ2v) is 7.05. The molecule has 2 N–H and O–H groups in total. The van der Waals surface area contributed by atoms with Crippen molar-refractivity contribution in [2.75, 3.05) is 25.5 Å². The van der Waals surface area contributed by atoms with Crippen LogP contribution in [0.15, 0.2) is 47.5 Å². The monoisotopic (exact) mass is 369 g/mol. The van der Waals surface area contributed by atoms with Crippen LogP contribution in [0.2, 0.25) is 5.02 Å². The average Bonchev–Trinajstić information content (AvgIpc) is 2.78. The number of nitrogens with zero attached hydrogens (tertiary/aromatic N) is 1. The van der Waals surface area contributed by atoms with E-state index in [0.717, 1.165) is 41.4 Å². The molecule has 1 spiro atoms. The molecule has 5 nitrogen and oxygen atoms in total. The number of amides is 1. The molecule has 26 heavy (non-hydrogen) atoms. The number of fused-ring (bicyclic) bond motifs is 1. The van der Waals surface area contributed by atoms with Gasteiger partial charge >= 0.3 is 0 Å². The summed E-state index contributed by atoms with van der Waals surface area (Å²) in [6.45, 7) is 1.53. The van der Waals surface area contributed by atoms with E-state index in [9.17, 15) is 4.79 Å². The van der Waals surface area contributed by atoms with Crippen molar-refractivity contribution in [2.45, 2.75) is 18.4 Å². The third-order valence-electron chi connectivity index (χ3n) is 5.01. The quantitative estimate of drug-likeness (QED) is 0.854. The van der Waals surface area contributed by atoms with Crippen LogP contribution in [0.25, 0.3) is 0 Å². The Labute approximate surface area is 157 Å². The van der Waals surface area contributed by atoms with Crippen LogP contribution in [0, 0.1) is 0 Å². The maximum atomic E-state index is 13.0. The summed E-state index contributed by atoms with van der Waals surface area (Å²) in [4.78, 5) is 18.1. The summed E-state index contributed by atoms with van der Waals surface area (Å²) in [7, 11) is 1.64. The number of ether oxygens (including phenoxy) is 1. The van der Waals surface area contributed by atoms with E-state index in [4.69, 9.17) is 21.3 Å². The van der Waals surface area contributed by atoms with Gasteiger partial charge in [-0.15, -0.1) is 0 Å². The van der Waals surface area contributed by atoms with Crippen LogP contribution in [0.5, 0.6) is 5.75 Å². The molecule has 0 aromatic heterocycles. The zero-order valence-electron chi connectivity index (χ0n) is 14.5. The first-order valence-electron chi connectivity index (χ1n) is 8.68. The zero-order chi connectivity index (χ0) is 18.1. The highest BCUT2D eigenvalue weighted by Gasteiger charge is 2.42. The third kappa shape index (κ3) is 2.97. The third-order valence-corrected chi connectivity index (χ3v) is 5.24. The normalized spacial score (nSPS) is 18.5. The Morgan fingerprint density at radius 3 is 2.73 bits per heavy atom. The van der Waals surface area contributed by atoms with Gasteiger partial charge in [-0.05, 0) is 56.3 Å². The number of halogens is 1. The molecular formula is C20H20ClN3O2. The molecule has 0 aliphatic carbocycles. The Kier molecular flexibility index (Phi) is 4.42. The first-order chi connectivity index (χ1) is 12.6. The van der Waals surface area contributed by atoms with Gasteiger partial charge in [0, 0.05) is 16.1 Å². The summed E-state index contributed by atoms with van der Waals surface area (Å²) in [5.74, 6) is 0.692. The average molecular weight is 370 g/mol. The number of anilines is 1. The lowest BCUT2D eigenvalue weighted by atomic mass is 9.87. The van der Waals surface area contributed by atoms with Crippen LogP contribution in [0.4, 0.5) is 5.69 Å². The predicted molar refractivity (Wildman–Crippen MR) is 104 cm³/mol. The van der Waals surface area contributed by atoms with Crippen LogP contribution in [0.1, 0.15) is 24.0 Å². The summed E-state index contributed by atoms with van der Waals surface area (Å²) in [5.41, 5.74) is 2.46. The SMILES string of the molecule is COc1cccc(C2=NC3(CCNCC3)C(=O)Nc3ccc(Cl)cc32)c1.